The quantitative estimate of drug-likeness (QED) is 0.657. The second-order valence-electron chi connectivity index (χ2n) is 3.60. The highest BCUT2D eigenvalue weighted by Crippen LogP contribution is 2.19. The predicted octanol–water partition coefficient (Wildman–Crippen LogP) is 1.24. The Morgan fingerprint density at radius 3 is 3.00 bits per heavy atom. The zero-order valence-corrected chi connectivity index (χ0v) is 7.55. The Hall–Kier alpha value is -0.570. The lowest BCUT2D eigenvalue weighted by Crippen LogP contribution is -2.33. The lowest BCUT2D eigenvalue weighted by Gasteiger charge is -2.19. The number of rotatable bonds is 2. The van der Waals surface area contributed by atoms with Crippen LogP contribution in [0.4, 0.5) is 0 Å². The third kappa shape index (κ3) is 2.81. The first kappa shape index (κ1) is 9.52. The lowest BCUT2D eigenvalue weighted by atomic mass is 9.93. The van der Waals surface area contributed by atoms with Crippen LogP contribution in [0.1, 0.15) is 32.6 Å². The molecule has 0 aromatic rings. The fourth-order valence-electron chi connectivity index (χ4n) is 1.78. The van der Waals surface area contributed by atoms with Gasteiger partial charge < -0.3 is 10.4 Å². The van der Waals surface area contributed by atoms with Crippen molar-refractivity contribution < 1.29 is 9.90 Å². The van der Waals surface area contributed by atoms with Crippen LogP contribution < -0.4 is 5.32 Å². The first-order chi connectivity index (χ1) is 5.70. The first-order valence-corrected chi connectivity index (χ1v) is 4.65. The summed E-state index contributed by atoms with van der Waals surface area (Å²) in [5, 5.41) is 12.0. The van der Waals surface area contributed by atoms with Gasteiger partial charge in [-0.25, -0.2) is 0 Å². The van der Waals surface area contributed by atoms with Gasteiger partial charge in [0.15, 0.2) is 0 Å². The molecule has 2 atom stereocenters. The summed E-state index contributed by atoms with van der Waals surface area (Å²) in [6.07, 6.45) is 3.71. The van der Waals surface area contributed by atoms with E-state index in [1.54, 1.807) is 0 Å². The maximum Gasteiger partial charge on any atom is 0.303 e. The summed E-state index contributed by atoms with van der Waals surface area (Å²) < 4.78 is 0. The molecule has 70 valence electrons. The average molecular weight is 171 g/mol. The topological polar surface area (TPSA) is 49.3 Å². The molecule has 0 unspecified atom stereocenters. The van der Waals surface area contributed by atoms with Gasteiger partial charge in [0.1, 0.15) is 0 Å². The van der Waals surface area contributed by atoms with Gasteiger partial charge in [-0.15, -0.1) is 0 Å². The molecule has 0 aromatic heterocycles. The van der Waals surface area contributed by atoms with Crippen LogP contribution in [-0.4, -0.2) is 23.7 Å². The van der Waals surface area contributed by atoms with Crippen LogP contribution in [0.15, 0.2) is 0 Å². The zero-order valence-electron chi connectivity index (χ0n) is 7.55. The van der Waals surface area contributed by atoms with E-state index in [9.17, 15) is 4.79 Å². The van der Waals surface area contributed by atoms with E-state index in [4.69, 9.17) is 5.11 Å². The van der Waals surface area contributed by atoms with Gasteiger partial charge in [-0.2, -0.15) is 0 Å². The molecule has 3 heteroatoms. The fraction of sp³-hybridized carbons (Fsp3) is 0.889. The SMILES string of the molecule is C[C@@H]1NCCCC[C@H]1CC(=O)O. The minimum absolute atomic E-state index is 0.314. The summed E-state index contributed by atoms with van der Waals surface area (Å²) in [5.41, 5.74) is 0. The van der Waals surface area contributed by atoms with Crippen LogP contribution >= 0.6 is 0 Å². The van der Waals surface area contributed by atoms with Crippen LogP contribution in [-0.2, 0) is 4.79 Å². The number of hydrogen-bond donors (Lipinski definition) is 2. The van der Waals surface area contributed by atoms with Gasteiger partial charge in [0.2, 0.25) is 0 Å². The fourth-order valence-corrected chi connectivity index (χ4v) is 1.78. The van der Waals surface area contributed by atoms with Crippen LogP contribution in [0.5, 0.6) is 0 Å². The van der Waals surface area contributed by atoms with Crippen molar-refractivity contribution in [1.29, 1.82) is 0 Å². The molecule has 3 nitrogen and oxygen atoms in total. The van der Waals surface area contributed by atoms with E-state index in [2.05, 4.69) is 12.2 Å². The Balaban J connectivity index is 2.41. The van der Waals surface area contributed by atoms with Gasteiger partial charge in [-0.3, -0.25) is 4.79 Å². The van der Waals surface area contributed by atoms with Crippen molar-refractivity contribution in [3.8, 4) is 0 Å². The summed E-state index contributed by atoms with van der Waals surface area (Å²) >= 11 is 0. The van der Waals surface area contributed by atoms with E-state index in [1.165, 1.54) is 6.42 Å². The summed E-state index contributed by atoms with van der Waals surface area (Å²) in [6.45, 7) is 3.12. The van der Waals surface area contributed by atoms with Gasteiger partial charge in [-0.1, -0.05) is 6.42 Å². The van der Waals surface area contributed by atoms with Crippen LogP contribution in [0.2, 0.25) is 0 Å². The van der Waals surface area contributed by atoms with Crippen molar-refractivity contribution in [3.05, 3.63) is 0 Å². The van der Waals surface area contributed by atoms with E-state index in [0.29, 0.717) is 18.4 Å². The number of nitrogens with one attached hydrogen (secondary N) is 1. The Morgan fingerprint density at radius 2 is 2.33 bits per heavy atom. The van der Waals surface area contributed by atoms with Gasteiger partial charge in [0, 0.05) is 12.5 Å². The van der Waals surface area contributed by atoms with E-state index >= 15 is 0 Å². The molecule has 0 bridgehead atoms. The predicted molar refractivity (Wildman–Crippen MR) is 47.1 cm³/mol. The van der Waals surface area contributed by atoms with E-state index < -0.39 is 5.97 Å². The Labute approximate surface area is 73.2 Å². The minimum atomic E-state index is -0.671. The molecule has 12 heavy (non-hydrogen) atoms. The first-order valence-electron chi connectivity index (χ1n) is 4.65. The average Bonchev–Trinajstić information content (AvgIpc) is 2.16. The molecule has 1 heterocycles. The van der Waals surface area contributed by atoms with Crippen molar-refractivity contribution in [3.63, 3.8) is 0 Å². The zero-order chi connectivity index (χ0) is 8.97. The molecule has 0 amide bonds. The Morgan fingerprint density at radius 1 is 1.58 bits per heavy atom. The number of carboxylic acid groups (broad SMARTS) is 1. The molecule has 0 saturated carbocycles. The molecular weight excluding hydrogens is 154 g/mol. The molecule has 1 rings (SSSR count). The van der Waals surface area contributed by atoms with Crippen molar-refractivity contribution in [2.24, 2.45) is 5.92 Å². The number of carboxylic acids is 1. The maximum absolute atomic E-state index is 10.5. The van der Waals surface area contributed by atoms with Crippen LogP contribution in [0.25, 0.3) is 0 Å². The summed E-state index contributed by atoms with van der Waals surface area (Å²) in [4.78, 5) is 10.5. The van der Waals surface area contributed by atoms with Crippen molar-refractivity contribution in [2.45, 2.75) is 38.6 Å². The second-order valence-corrected chi connectivity index (χ2v) is 3.60. The van der Waals surface area contributed by atoms with E-state index in [1.807, 2.05) is 0 Å². The highest BCUT2D eigenvalue weighted by atomic mass is 16.4. The maximum atomic E-state index is 10.5. The van der Waals surface area contributed by atoms with Crippen molar-refractivity contribution in [2.75, 3.05) is 6.54 Å². The molecule has 1 aliphatic rings. The van der Waals surface area contributed by atoms with Crippen molar-refractivity contribution in [1.82, 2.24) is 5.32 Å². The molecule has 1 fully saturated rings. The Kier molecular flexibility index (Phi) is 3.53. The third-order valence-corrected chi connectivity index (χ3v) is 2.61. The van der Waals surface area contributed by atoms with Crippen LogP contribution in [0, 0.1) is 5.92 Å². The second kappa shape index (κ2) is 4.45. The smallest absolute Gasteiger partial charge is 0.303 e. The normalized spacial score (nSPS) is 31.1. The number of hydrogen-bond acceptors (Lipinski definition) is 2. The molecule has 2 N–H and O–H groups in total. The third-order valence-electron chi connectivity index (χ3n) is 2.61. The van der Waals surface area contributed by atoms with Crippen molar-refractivity contribution >= 4 is 5.97 Å². The number of carbonyl (C=O) groups is 1. The van der Waals surface area contributed by atoms with Gasteiger partial charge in [-0.05, 0) is 32.2 Å². The summed E-state index contributed by atoms with van der Waals surface area (Å²) in [5.74, 6) is -0.347. The van der Waals surface area contributed by atoms with Gasteiger partial charge in [0.05, 0.1) is 0 Å². The standard InChI is InChI=1S/C9H17NO2/c1-7-8(6-9(11)12)4-2-3-5-10-7/h7-8,10H,2-6H2,1H3,(H,11,12)/t7-,8-/m0/s1. The van der Waals surface area contributed by atoms with Gasteiger partial charge >= 0.3 is 5.97 Å². The number of aliphatic carboxylic acids is 1. The molecule has 0 spiro atoms. The molecule has 0 radical (unpaired) electrons. The van der Waals surface area contributed by atoms with Gasteiger partial charge in [0.25, 0.3) is 0 Å². The van der Waals surface area contributed by atoms with Crippen LogP contribution in [0.3, 0.4) is 0 Å². The highest BCUT2D eigenvalue weighted by molar-refractivity contribution is 5.67. The molecule has 1 aliphatic heterocycles. The monoisotopic (exact) mass is 171 g/mol. The summed E-state index contributed by atoms with van der Waals surface area (Å²) in [6, 6.07) is 0.364. The largest absolute Gasteiger partial charge is 0.481 e. The highest BCUT2D eigenvalue weighted by Gasteiger charge is 2.21. The lowest BCUT2D eigenvalue weighted by molar-refractivity contribution is -0.138. The Bertz CT molecular complexity index is 159. The summed E-state index contributed by atoms with van der Waals surface area (Å²) in [7, 11) is 0. The van der Waals surface area contributed by atoms with E-state index in [-0.39, 0.29) is 0 Å². The molecular formula is C9H17NO2. The van der Waals surface area contributed by atoms with E-state index in [0.717, 1.165) is 19.4 Å². The molecule has 0 aliphatic carbocycles. The minimum Gasteiger partial charge on any atom is -0.481 e. The molecule has 1 saturated heterocycles. The molecule has 0 aromatic carbocycles.